The SMILES string of the molecule is Cn1c(=O)c(C(=O)NCc2ccc(C#N)cc2)cc2ccnc(OCC3(S(=O)(=O)NC#N)CC3)c21. The van der Waals surface area contributed by atoms with Gasteiger partial charge in [0.05, 0.1) is 11.6 Å². The number of amides is 1. The van der Waals surface area contributed by atoms with Gasteiger partial charge in [0, 0.05) is 25.2 Å². The van der Waals surface area contributed by atoms with Gasteiger partial charge in [-0.1, -0.05) is 12.1 Å². The van der Waals surface area contributed by atoms with E-state index in [2.05, 4.69) is 10.3 Å². The number of aryl methyl sites for hydroxylation is 1. The van der Waals surface area contributed by atoms with Crippen LogP contribution < -0.4 is 20.3 Å². The molecule has 1 amide bonds. The Hall–Kier alpha value is -4.42. The Bertz CT molecular complexity index is 1560. The highest BCUT2D eigenvalue weighted by molar-refractivity contribution is 7.91. The predicted molar refractivity (Wildman–Crippen MR) is 124 cm³/mol. The maximum Gasteiger partial charge on any atom is 0.263 e. The van der Waals surface area contributed by atoms with Gasteiger partial charge < -0.3 is 14.6 Å². The zero-order valence-corrected chi connectivity index (χ0v) is 19.4. The first kappa shape index (κ1) is 23.7. The molecule has 1 fully saturated rings. The van der Waals surface area contributed by atoms with Crippen molar-refractivity contribution in [2.45, 2.75) is 24.1 Å². The Morgan fingerprint density at radius 3 is 2.57 bits per heavy atom. The Kier molecular flexibility index (Phi) is 6.16. The fraction of sp³-hybridized carbons (Fsp3) is 0.261. The number of rotatable bonds is 8. The van der Waals surface area contributed by atoms with Crippen LogP contribution in [0, 0.1) is 22.8 Å². The van der Waals surface area contributed by atoms with E-state index >= 15 is 0 Å². The maximum absolute atomic E-state index is 13.0. The van der Waals surface area contributed by atoms with Crippen molar-refractivity contribution >= 4 is 26.8 Å². The molecule has 11 nitrogen and oxygen atoms in total. The lowest BCUT2D eigenvalue weighted by Gasteiger charge is -2.17. The fourth-order valence-electron chi connectivity index (χ4n) is 3.64. The second-order valence-electron chi connectivity index (χ2n) is 8.16. The molecule has 0 radical (unpaired) electrons. The number of fused-ring (bicyclic) bond motifs is 1. The van der Waals surface area contributed by atoms with Crippen LogP contribution in [0.2, 0.25) is 0 Å². The third-order valence-electron chi connectivity index (χ3n) is 5.90. The zero-order valence-electron chi connectivity index (χ0n) is 18.6. The van der Waals surface area contributed by atoms with E-state index in [-0.39, 0.29) is 24.6 Å². The van der Waals surface area contributed by atoms with Gasteiger partial charge in [0.2, 0.25) is 15.9 Å². The van der Waals surface area contributed by atoms with E-state index < -0.39 is 26.2 Å². The van der Waals surface area contributed by atoms with Crippen molar-refractivity contribution in [3.63, 3.8) is 0 Å². The number of nitriles is 2. The number of nitrogens with zero attached hydrogens (tertiary/aromatic N) is 4. The van der Waals surface area contributed by atoms with E-state index in [9.17, 15) is 18.0 Å². The minimum absolute atomic E-state index is 0.0464. The monoisotopic (exact) mass is 492 g/mol. The molecule has 0 unspecified atom stereocenters. The Balaban J connectivity index is 1.57. The molecule has 0 aliphatic heterocycles. The lowest BCUT2D eigenvalue weighted by Crippen LogP contribution is -2.38. The van der Waals surface area contributed by atoms with Crippen LogP contribution in [0.3, 0.4) is 0 Å². The number of hydrogen-bond donors (Lipinski definition) is 2. The number of aromatic nitrogens is 2. The Morgan fingerprint density at radius 1 is 1.23 bits per heavy atom. The summed E-state index contributed by atoms with van der Waals surface area (Å²) in [5, 5.41) is 20.8. The van der Waals surface area contributed by atoms with E-state index in [0.29, 0.717) is 29.3 Å². The van der Waals surface area contributed by atoms with Crippen molar-refractivity contribution in [3.8, 4) is 18.1 Å². The Labute approximate surface area is 200 Å². The predicted octanol–water partition coefficient (Wildman–Crippen LogP) is 1.05. The van der Waals surface area contributed by atoms with Gasteiger partial charge in [-0.05, 0) is 42.7 Å². The number of sulfonamides is 1. The molecule has 1 saturated carbocycles. The lowest BCUT2D eigenvalue weighted by atomic mass is 10.1. The van der Waals surface area contributed by atoms with E-state index in [1.54, 1.807) is 30.3 Å². The quantitative estimate of drug-likeness (QED) is 0.347. The van der Waals surface area contributed by atoms with E-state index in [1.807, 2.05) is 10.8 Å². The van der Waals surface area contributed by atoms with Crippen molar-refractivity contribution in [3.05, 3.63) is 69.6 Å². The van der Waals surface area contributed by atoms with Crippen LogP contribution in [0.5, 0.6) is 5.88 Å². The minimum atomic E-state index is -3.89. The van der Waals surface area contributed by atoms with Crippen molar-refractivity contribution in [1.82, 2.24) is 19.6 Å². The van der Waals surface area contributed by atoms with Crippen molar-refractivity contribution < 1.29 is 17.9 Å². The topological polar surface area (TPSA) is 167 Å². The average molecular weight is 493 g/mol. The van der Waals surface area contributed by atoms with Gasteiger partial charge in [-0.15, -0.1) is 0 Å². The first-order valence-electron chi connectivity index (χ1n) is 10.5. The smallest absolute Gasteiger partial charge is 0.263 e. The summed E-state index contributed by atoms with van der Waals surface area (Å²) >= 11 is 0. The molecule has 2 N–H and O–H groups in total. The molecule has 12 heteroatoms. The number of benzene rings is 1. The third kappa shape index (κ3) is 4.52. The molecule has 0 atom stereocenters. The van der Waals surface area contributed by atoms with Gasteiger partial charge in [0.25, 0.3) is 11.5 Å². The van der Waals surface area contributed by atoms with E-state index in [1.165, 1.54) is 30.1 Å². The van der Waals surface area contributed by atoms with Crippen LogP contribution in [0.4, 0.5) is 0 Å². The van der Waals surface area contributed by atoms with Crippen molar-refractivity contribution in [1.29, 1.82) is 10.5 Å². The Morgan fingerprint density at radius 2 is 1.94 bits per heavy atom. The molecular weight excluding hydrogens is 472 g/mol. The molecule has 35 heavy (non-hydrogen) atoms. The molecule has 0 saturated heterocycles. The van der Waals surface area contributed by atoms with Crippen molar-refractivity contribution in [2.24, 2.45) is 7.05 Å². The molecular formula is C23H20N6O5S. The highest BCUT2D eigenvalue weighted by Crippen LogP contribution is 2.43. The second kappa shape index (κ2) is 9.08. The van der Waals surface area contributed by atoms with Crippen LogP contribution in [0.25, 0.3) is 10.9 Å². The summed E-state index contributed by atoms with van der Waals surface area (Å²) in [6.45, 7) is -0.0686. The van der Waals surface area contributed by atoms with Crippen molar-refractivity contribution in [2.75, 3.05) is 6.61 Å². The standard InChI is InChI=1S/C23H20N6O5S/c1-29-19-17(6-9-26-21(19)34-13-23(7-8-23)35(32,33)28-14-25)10-18(22(29)31)20(30)27-12-16-4-2-15(11-24)3-5-16/h2-6,9-10,28H,7-8,12-13H2,1H3,(H,27,30). The number of hydrogen-bond acceptors (Lipinski definition) is 8. The number of nitrogens with one attached hydrogen (secondary N) is 2. The van der Waals surface area contributed by atoms with Crippen LogP contribution in [0.15, 0.2) is 47.4 Å². The molecule has 1 aliphatic carbocycles. The molecule has 2 aromatic heterocycles. The van der Waals surface area contributed by atoms with Gasteiger partial charge in [-0.2, -0.15) is 10.5 Å². The highest BCUT2D eigenvalue weighted by Gasteiger charge is 2.56. The summed E-state index contributed by atoms with van der Waals surface area (Å²) in [5.41, 5.74) is 0.923. The van der Waals surface area contributed by atoms with Gasteiger partial charge in [-0.25, -0.2) is 18.1 Å². The first-order chi connectivity index (χ1) is 16.7. The number of pyridine rings is 2. The molecule has 178 valence electrons. The number of carbonyl (C=O) groups excluding carboxylic acids is 1. The van der Waals surface area contributed by atoms with Crippen LogP contribution in [-0.4, -0.2) is 35.2 Å². The van der Waals surface area contributed by atoms with Crippen LogP contribution in [0.1, 0.15) is 34.3 Å². The van der Waals surface area contributed by atoms with E-state index in [4.69, 9.17) is 15.3 Å². The molecule has 0 bridgehead atoms. The maximum atomic E-state index is 13.0. The van der Waals surface area contributed by atoms with Gasteiger partial charge >= 0.3 is 0 Å². The summed E-state index contributed by atoms with van der Waals surface area (Å²) in [6.07, 6.45) is 3.53. The summed E-state index contributed by atoms with van der Waals surface area (Å²) in [7, 11) is -2.42. The van der Waals surface area contributed by atoms with Gasteiger partial charge in [0.15, 0.2) is 6.19 Å². The summed E-state index contributed by atoms with van der Waals surface area (Å²) < 4.78 is 32.1. The zero-order chi connectivity index (χ0) is 25.2. The fourth-order valence-corrected chi connectivity index (χ4v) is 4.83. The van der Waals surface area contributed by atoms with Crippen LogP contribution in [-0.2, 0) is 23.6 Å². The lowest BCUT2D eigenvalue weighted by molar-refractivity contribution is 0.0949. The largest absolute Gasteiger partial charge is 0.474 e. The second-order valence-corrected chi connectivity index (χ2v) is 10.2. The van der Waals surface area contributed by atoms with Gasteiger partial charge in [-0.3, -0.25) is 9.59 Å². The van der Waals surface area contributed by atoms with Crippen LogP contribution >= 0.6 is 0 Å². The van der Waals surface area contributed by atoms with E-state index in [0.717, 1.165) is 5.56 Å². The molecule has 0 spiro atoms. The number of ether oxygens (including phenoxy) is 1. The third-order valence-corrected chi connectivity index (χ3v) is 7.93. The molecule has 1 aliphatic rings. The highest BCUT2D eigenvalue weighted by atomic mass is 32.2. The first-order valence-corrected chi connectivity index (χ1v) is 12.0. The number of carbonyl (C=O) groups is 1. The molecule has 1 aromatic carbocycles. The average Bonchev–Trinajstić information content (AvgIpc) is 3.65. The summed E-state index contributed by atoms with van der Waals surface area (Å²) in [6, 6.07) is 11.8. The normalized spacial score (nSPS) is 13.9. The van der Waals surface area contributed by atoms with Gasteiger partial charge in [0.1, 0.15) is 22.4 Å². The summed E-state index contributed by atoms with van der Waals surface area (Å²) in [5.74, 6) is -0.521. The molecule has 4 rings (SSSR count). The summed E-state index contributed by atoms with van der Waals surface area (Å²) in [4.78, 5) is 29.9. The minimum Gasteiger partial charge on any atom is -0.474 e. The molecule has 2 heterocycles. The molecule has 3 aromatic rings.